The monoisotopic (exact) mass is 183 g/mol. The van der Waals surface area contributed by atoms with Crippen LogP contribution in [-0.2, 0) is 5.41 Å². The number of rotatable bonds is 1. The Balaban J connectivity index is 2.62. The minimum absolute atomic E-state index is 0.223. The largest absolute Gasteiger partial charge is 0.357 e. The summed E-state index contributed by atoms with van der Waals surface area (Å²) in [5.41, 5.74) is 2.02. The fraction of sp³-hybridized carbons (Fsp3) is 0.231. The third-order valence-electron chi connectivity index (χ3n) is 2.56. The normalized spacial score (nSPS) is 11.5. The van der Waals surface area contributed by atoms with Crippen molar-refractivity contribution < 1.29 is 0 Å². The van der Waals surface area contributed by atoms with Crippen molar-refractivity contribution in [3.05, 3.63) is 36.0 Å². The van der Waals surface area contributed by atoms with Gasteiger partial charge in [-0.25, -0.2) is 0 Å². The summed E-state index contributed by atoms with van der Waals surface area (Å²) >= 11 is 0. The Kier molecular flexibility index (Phi) is 1.86. The summed E-state index contributed by atoms with van der Waals surface area (Å²) in [6, 6.07) is 10.3. The highest BCUT2D eigenvalue weighted by molar-refractivity contribution is 5.80. The molecule has 0 saturated heterocycles. The van der Waals surface area contributed by atoms with Gasteiger partial charge in [0.25, 0.3) is 0 Å². The second-order valence-corrected chi connectivity index (χ2v) is 4.04. The zero-order valence-electron chi connectivity index (χ0n) is 8.46. The first-order valence-electron chi connectivity index (χ1n) is 4.69. The fourth-order valence-electron chi connectivity index (χ4n) is 1.49. The lowest BCUT2D eigenvalue weighted by Crippen LogP contribution is -2.13. The summed E-state index contributed by atoms with van der Waals surface area (Å²) in [7, 11) is 0. The van der Waals surface area contributed by atoms with Gasteiger partial charge in [-0.1, -0.05) is 24.1 Å². The topological polar surface area (TPSA) is 15.8 Å². The first-order chi connectivity index (χ1) is 6.63. The Labute approximate surface area is 84.1 Å². The van der Waals surface area contributed by atoms with Gasteiger partial charge in [-0.2, -0.15) is 0 Å². The van der Waals surface area contributed by atoms with Gasteiger partial charge in [0, 0.05) is 11.2 Å². The van der Waals surface area contributed by atoms with Gasteiger partial charge in [-0.3, -0.25) is 0 Å². The number of aromatic amines is 1. The molecule has 0 amide bonds. The Bertz CT molecular complexity index is 464. The second-order valence-electron chi connectivity index (χ2n) is 4.04. The predicted molar refractivity (Wildman–Crippen MR) is 60.2 cm³/mol. The molecule has 0 aliphatic carbocycles. The van der Waals surface area contributed by atoms with Gasteiger partial charge in [-0.05, 0) is 31.4 Å². The molecular formula is C13H13N. The maximum absolute atomic E-state index is 5.49. The molecule has 0 bridgehead atoms. The van der Waals surface area contributed by atoms with Crippen molar-refractivity contribution in [2.75, 3.05) is 0 Å². The highest BCUT2D eigenvalue weighted by Crippen LogP contribution is 2.25. The van der Waals surface area contributed by atoms with Gasteiger partial charge in [0.2, 0.25) is 0 Å². The van der Waals surface area contributed by atoms with Crippen LogP contribution >= 0.6 is 0 Å². The summed E-state index contributed by atoms with van der Waals surface area (Å²) in [5, 5.41) is 1.21. The molecule has 2 aromatic rings. The zero-order valence-corrected chi connectivity index (χ0v) is 8.46. The van der Waals surface area contributed by atoms with Crippen LogP contribution in [0.1, 0.15) is 19.5 Å². The fourth-order valence-corrected chi connectivity index (χ4v) is 1.49. The minimum atomic E-state index is -0.223. The Morgan fingerprint density at radius 1 is 1.29 bits per heavy atom. The number of nitrogens with one attached hydrogen (secondary N) is 1. The molecule has 70 valence electrons. The maximum Gasteiger partial charge on any atom is 0.0654 e. The molecule has 1 heterocycles. The highest BCUT2D eigenvalue weighted by Gasteiger charge is 2.18. The van der Waals surface area contributed by atoms with Crippen molar-refractivity contribution in [1.29, 1.82) is 0 Å². The molecule has 0 fully saturated rings. The summed E-state index contributed by atoms with van der Waals surface area (Å²) in [5.74, 6) is 2.79. The van der Waals surface area contributed by atoms with E-state index in [1.165, 1.54) is 5.39 Å². The molecule has 0 saturated carbocycles. The number of para-hydroxylation sites is 1. The van der Waals surface area contributed by atoms with E-state index in [1.54, 1.807) is 0 Å². The van der Waals surface area contributed by atoms with Crippen LogP contribution in [0.25, 0.3) is 10.9 Å². The summed E-state index contributed by atoms with van der Waals surface area (Å²) in [6.45, 7) is 4.08. The van der Waals surface area contributed by atoms with E-state index in [1.807, 2.05) is 26.0 Å². The number of hydrogen-bond acceptors (Lipinski definition) is 0. The molecule has 2 rings (SSSR count). The molecule has 0 radical (unpaired) electrons. The van der Waals surface area contributed by atoms with E-state index < -0.39 is 0 Å². The lowest BCUT2D eigenvalue weighted by atomic mass is 9.91. The van der Waals surface area contributed by atoms with E-state index in [0.717, 1.165) is 11.2 Å². The molecule has 0 aliphatic heterocycles. The summed E-state index contributed by atoms with van der Waals surface area (Å²) in [6.07, 6.45) is 5.49. The average molecular weight is 183 g/mol. The van der Waals surface area contributed by atoms with E-state index in [2.05, 4.69) is 29.1 Å². The summed E-state index contributed by atoms with van der Waals surface area (Å²) < 4.78 is 0. The molecule has 1 nitrogen and oxygen atoms in total. The van der Waals surface area contributed by atoms with E-state index in [9.17, 15) is 0 Å². The molecule has 1 aromatic carbocycles. The van der Waals surface area contributed by atoms with Crippen molar-refractivity contribution in [3.8, 4) is 12.3 Å². The van der Waals surface area contributed by atoms with Crippen LogP contribution in [0.4, 0.5) is 0 Å². The highest BCUT2D eigenvalue weighted by atomic mass is 14.7. The quantitative estimate of drug-likeness (QED) is 0.654. The van der Waals surface area contributed by atoms with Gasteiger partial charge >= 0.3 is 0 Å². The molecule has 1 heteroatoms. The van der Waals surface area contributed by atoms with Crippen molar-refractivity contribution in [2.45, 2.75) is 19.3 Å². The zero-order chi connectivity index (χ0) is 10.2. The first-order valence-corrected chi connectivity index (χ1v) is 4.69. The van der Waals surface area contributed by atoms with Crippen LogP contribution in [0.15, 0.2) is 30.3 Å². The molecule has 1 N–H and O–H groups in total. The van der Waals surface area contributed by atoms with E-state index in [-0.39, 0.29) is 5.41 Å². The number of H-pyrrole nitrogens is 1. The minimum Gasteiger partial charge on any atom is -0.357 e. The molecule has 0 unspecified atom stereocenters. The number of benzene rings is 1. The standard InChI is InChI=1S/C13H13N/c1-4-13(2,3)12-9-10-7-5-6-8-11(10)14-12/h1,5-9,14H,2-3H3. The molecular weight excluding hydrogens is 170 g/mol. The van der Waals surface area contributed by atoms with Crippen molar-refractivity contribution >= 4 is 10.9 Å². The Morgan fingerprint density at radius 3 is 2.64 bits per heavy atom. The average Bonchev–Trinajstić information content (AvgIpc) is 2.61. The third kappa shape index (κ3) is 1.29. The van der Waals surface area contributed by atoms with Crippen LogP contribution < -0.4 is 0 Å². The maximum atomic E-state index is 5.49. The summed E-state index contributed by atoms with van der Waals surface area (Å²) in [4.78, 5) is 3.34. The van der Waals surface area contributed by atoms with Crippen molar-refractivity contribution in [3.63, 3.8) is 0 Å². The van der Waals surface area contributed by atoms with E-state index in [0.29, 0.717) is 0 Å². The van der Waals surface area contributed by atoms with Gasteiger partial charge in [0.1, 0.15) is 0 Å². The van der Waals surface area contributed by atoms with E-state index in [4.69, 9.17) is 6.42 Å². The Morgan fingerprint density at radius 2 is 2.00 bits per heavy atom. The predicted octanol–water partition coefficient (Wildman–Crippen LogP) is 3.08. The molecule has 0 aliphatic rings. The number of aromatic nitrogens is 1. The first kappa shape index (κ1) is 8.90. The van der Waals surface area contributed by atoms with Crippen LogP contribution in [0.2, 0.25) is 0 Å². The van der Waals surface area contributed by atoms with E-state index >= 15 is 0 Å². The number of hydrogen-bond donors (Lipinski definition) is 1. The Hall–Kier alpha value is -1.68. The molecule has 0 atom stereocenters. The van der Waals surface area contributed by atoms with Crippen LogP contribution in [0.5, 0.6) is 0 Å². The molecule has 14 heavy (non-hydrogen) atoms. The molecule has 1 aromatic heterocycles. The molecule has 0 spiro atoms. The van der Waals surface area contributed by atoms with Crippen molar-refractivity contribution in [1.82, 2.24) is 4.98 Å². The lowest BCUT2D eigenvalue weighted by molar-refractivity contribution is 0.678. The smallest absolute Gasteiger partial charge is 0.0654 e. The third-order valence-corrected chi connectivity index (χ3v) is 2.56. The van der Waals surface area contributed by atoms with Gasteiger partial charge in [-0.15, -0.1) is 6.42 Å². The van der Waals surface area contributed by atoms with Crippen LogP contribution in [-0.4, -0.2) is 4.98 Å². The van der Waals surface area contributed by atoms with Gasteiger partial charge in [0.15, 0.2) is 0 Å². The van der Waals surface area contributed by atoms with Gasteiger partial charge in [0.05, 0.1) is 5.41 Å². The second kappa shape index (κ2) is 2.92. The van der Waals surface area contributed by atoms with Crippen LogP contribution in [0.3, 0.4) is 0 Å². The van der Waals surface area contributed by atoms with Crippen LogP contribution in [0, 0.1) is 12.3 Å². The van der Waals surface area contributed by atoms with Crippen molar-refractivity contribution in [2.24, 2.45) is 0 Å². The SMILES string of the molecule is C#CC(C)(C)c1cc2ccccc2[nH]1. The lowest BCUT2D eigenvalue weighted by Gasteiger charge is -2.14. The van der Waals surface area contributed by atoms with Gasteiger partial charge < -0.3 is 4.98 Å². The number of terminal acetylenes is 1. The number of fused-ring (bicyclic) bond motifs is 1.